The fourth-order valence-electron chi connectivity index (χ4n) is 7.43. The summed E-state index contributed by atoms with van der Waals surface area (Å²) < 4.78 is 50.0. The van der Waals surface area contributed by atoms with E-state index in [-0.39, 0.29) is 0 Å². The van der Waals surface area contributed by atoms with Crippen LogP contribution in [0.25, 0.3) is 0 Å². The molecule has 0 aliphatic carbocycles. The second-order valence-corrected chi connectivity index (χ2v) is 14.7. The number of hydrogen-bond acceptors (Lipinski definition) is 26. The Kier molecular flexibility index (Phi) is 17.1. The molecular weight excluding hydrogens is 814 g/mol. The van der Waals surface area contributed by atoms with Crippen molar-refractivity contribution < 1.29 is 129 Å². The highest BCUT2D eigenvalue weighted by Gasteiger charge is 2.57. The van der Waals surface area contributed by atoms with Crippen molar-refractivity contribution in [2.24, 2.45) is 0 Å². The first-order valence-corrected chi connectivity index (χ1v) is 18.6. The number of carbonyl (C=O) groups excluding carboxylic acids is 1. The van der Waals surface area contributed by atoms with Gasteiger partial charge >= 0.3 is 0 Å². The van der Waals surface area contributed by atoms with Crippen LogP contribution in [0.5, 0.6) is 0 Å². The van der Waals surface area contributed by atoms with Crippen LogP contribution in [0, 0.1) is 0 Å². The highest BCUT2D eigenvalue weighted by Crippen LogP contribution is 2.35. The van der Waals surface area contributed by atoms with Gasteiger partial charge in [0.1, 0.15) is 122 Å². The maximum atomic E-state index is 12.4. The van der Waals surface area contributed by atoms with Crippen molar-refractivity contribution in [2.75, 3.05) is 33.0 Å². The number of carbonyl (C=O) groups is 1. The molecule has 5 aliphatic heterocycles. The molecule has 0 bridgehead atoms. The third kappa shape index (κ3) is 10.2. The molecule has 0 saturated carbocycles. The Labute approximate surface area is 333 Å². The Hall–Kier alpha value is -1.53. The lowest BCUT2D eigenvalue weighted by molar-refractivity contribution is -0.386. The van der Waals surface area contributed by atoms with Crippen molar-refractivity contribution in [1.82, 2.24) is 5.32 Å². The van der Waals surface area contributed by atoms with Crippen LogP contribution in [0.3, 0.4) is 0 Å². The molecule has 5 rings (SSSR count). The summed E-state index contributed by atoms with van der Waals surface area (Å²) in [5, 5.41) is 169. The summed E-state index contributed by atoms with van der Waals surface area (Å²) in [4.78, 5) is 12.4. The second kappa shape index (κ2) is 20.8. The molecule has 27 heteroatoms. The molecule has 11 unspecified atom stereocenters. The average molecular weight is 870 g/mol. The fourth-order valence-corrected chi connectivity index (χ4v) is 7.43. The predicted octanol–water partition coefficient (Wildman–Crippen LogP) is -11.8. The lowest BCUT2D eigenvalue weighted by Crippen LogP contribution is -2.70. The van der Waals surface area contributed by atoms with E-state index < -0.39 is 192 Å². The fraction of sp³-hybridized carbons (Fsp3) is 0.969. The molecule has 5 saturated heterocycles. The van der Waals surface area contributed by atoms with Crippen molar-refractivity contribution in [3.63, 3.8) is 0 Å². The van der Waals surface area contributed by atoms with Crippen LogP contribution in [0.2, 0.25) is 0 Å². The third-order valence-corrected chi connectivity index (χ3v) is 10.7. The van der Waals surface area contributed by atoms with E-state index in [0.717, 1.165) is 6.92 Å². The van der Waals surface area contributed by atoms with Gasteiger partial charge in [-0.15, -0.1) is 0 Å². The lowest BCUT2D eigenvalue weighted by atomic mass is 9.94. The molecule has 0 aromatic heterocycles. The molecule has 5 fully saturated rings. The van der Waals surface area contributed by atoms with Crippen LogP contribution in [0.1, 0.15) is 6.92 Å². The van der Waals surface area contributed by atoms with Gasteiger partial charge in [-0.05, 0) is 0 Å². The highest BCUT2D eigenvalue weighted by molar-refractivity contribution is 5.73. The zero-order valence-corrected chi connectivity index (χ0v) is 31.2. The lowest BCUT2D eigenvalue weighted by Gasteiger charge is -2.50. The van der Waals surface area contributed by atoms with Crippen LogP contribution >= 0.6 is 0 Å². The largest absolute Gasteiger partial charge is 0.394 e. The van der Waals surface area contributed by atoms with Crippen LogP contribution in [-0.4, -0.2) is 274 Å². The molecular formula is C32H55NO26. The summed E-state index contributed by atoms with van der Waals surface area (Å²) in [6, 6.07) is -1.72. The Morgan fingerprint density at radius 2 is 0.780 bits per heavy atom. The topological polar surface area (TPSA) is 436 Å². The number of rotatable bonds is 14. The van der Waals surface area contributed by atoms with E-state index in [4.69, 9.17) is 42.6 Å². The van der Waals surface area contributed by atoms with Gasteiger partial charge in [-0.2, -0.15) is 0 Å². The van der Waals surface area contributed by atoms with Crippen molar-refractivity contribution in [3.05, 3.63) is 0 Å². The van der Waals surface area contributed by atoms with E-state index in [1.165, 1.54) is 0 Å². The number of nitrogens with one attached hydrogen (secondary N) is 1. The quantitative estimate of drug-likeness (QED) is 0.0770. The number of aliphatic hydroxyl groups is 16. The third-order valence-electron chi connectivity index (χ3n) is 10.7. The number of aliphatic hydroxyl groups excluding tert-OH is 16. The van der Waals surface area contributed by atoms with Crippen molar-refractivity contribution >= 4 is 5.91 Å². The summed E-state index contributed by atoms with van der Waals surface area (Å²) in [6.45, 7) is -3.57. The summed E-state index contributed by atoms with van der Waals surface area (Å²) in [5.41, 5.74) is 0. The maximum Gasteiger partial charge on any atom is 0.217 e. The second-order valence-electron chi connectivity index (χ2n) is 14.7. The van der Waals surface area contributed by atoms with Gasteiger partial charge in [0.2, 0.25) is 5.91 Å². The molecule has 0 spiro atoms. The zero-order valence-electron chi connectivity index (χ0n) is 31.2. The van der Waals surface area contributed by atoms with E-state index in [1.807, 2.05) is 0 Å². The summed E-state index contributed by atoms with van der Waals surface area (Å²) >= 11 is 0. The van der Waals surface area contributed by atoms with E-state index in [0.29, 0.717) is 0 Å². The van der Waals surface area contributed by atoms with Gasteiger partial charge < -0.3 is 130 Å². The van der Waals surface area contributed by atoms with Gasteiger partial charge in [-0.1, -0.05) is 0 Å². The first-order valence-electron chi connectivity index (χ1n) is 18.6. The maximum absolute atomic E-state index is 12.4. The Morgan fingerprint density at radius 1 is 0.407 bits per heavy atom. The van der Waals surface area contributed by atoms with Crippen LogP contribution < -0.4 is 5.32 Å². The molecule has 0 aromatic rings. The molecule has 0 radical (unpaired) electrons. The molecule has 5 aliphatic rings. The van der Waals surface area contributed by atoms with E-state index in [2.05, 4.69) is 5.32 Å². The molecule has 17 N–H and O–H groups in total. The Morgan fingerprint density at radius 3 is 1.24 bits per heavy atom. The van der Waals surface area contributed by atoms with E-state index >= 15 is 0 Å². The minimum absolute atomic E-state index is 0.817. The summed E-state index contributed by atoms with van der Waals surface area (Å²) in [7, 11) is 0. The minimum atomic E-state index is -2.09. The average Bonchev–Trinajstić information content (AvgIpc) is 3.21. The first kappa shape index (κ1) is 48.5. The summed E-state index contributed by atoms with van der Waals surface area (Å²) in [5.74, 6) is -0.817. The molecule has 5 heterocycles. The monoisotopic (exact) mass is 869 g/mol. The van der Waals surface area contributed by atoms with Gasteiger partial charge in [0, 0.05) is 6.92 Å². The van der Waals surface area contributed by atoms with Crippen molar-refractivity contribution in [1.29, 1.82) is 0 Å². The zero-order chi connectivity index (χ0) is 43.6. The van der Waals surface area contributed by atoms with Crippen molar-refractivity contribution in [2.45, 2.75) is 160 Å². The molecule has 25 atom stereocenters. The molecule has 344 valence electrons. The van der Waals surface area contributed by atoms with Crippen molar-refractivity contribution in [3.8, 4) is 0 Å². The first-order chi connectivity index (χ1) is 27.9. The number of ether oxygens (including phenoxy) is 9. The Bertz CT molecular complexity index is 1320. The normalized spacial score (nSPS) is 51.0. The molecule has 1 amide bonds. The highest BCUT2D eigenvalue weighted by atomic mass is 16.8. The molecule has 0 aromatic carbocycles. The molecule has 59 heavy (non-hydrogen) atoms. The van der Waals surface area contributed by atoms with Gasteiger partial charge in [0.05, 0.1) is 33.0 Å². The minimum Gasteiger partial charge on any atom is -0.394 e. The van der Waals surface area contributed by atoms with Gasteiger partial charge in [0.25, 0.3) is 0 Å². The summed E-state index contributed by atoms with van der Waals surface area (Å²) in [6.07, 6.45) is -44.3. The predicted molar refractivity (Wildman–Crippen MR) is 178 cm³/mol. The SMILES string of the molecule is CC(=O)NC1[C@H](O[C@@H]2C(O)[C@H](O[C@@H]3C(CO)OC(O)C(O)[C@H]3O)OC(CO)[C@@H]2O)OC(CO)[C@@H](O[C@@H]2OC(CO)[C@H](O)[C@H](O[C@H]3OC(CO)[C@H](O)[C@H](O)C3O)C2O)[C@@H]1O. The van der Waals surface area contributed by atoms with Gasteiger partial charge in [0.15, 0.2) is 31.5 Å². The van der Waals surface area contributed by atoms with Crippen LogP contribution in [0.4, 0.5) is 0 Å². The molecule has 27 nitrogen and oxygen atoms in total. The van der Waals surface area contributed by atoms with E-state index in [1.54, 1.807) is 0 Å². The van der Waals surface area contributed by atoms with Gasteiger partial charge in [-0.3, -0.25) is 4.79 Å². The Balaban J connectivity index is 1.35. The van der Waals surface area contributed by atoms with Crippen LogP contribution in [-0.2, 0) is 47.4 Å². The number of amides is 1. The van der Waals surface area contributed by atoms with Crippen LogP contribution in [0.15, 0.2) is 0 Å². The smallest absolute Gasteiger partial charge is 0.217 e. The van der Waals surface area contributed by atoms with Gasteiger partial charge in [-0.25, -0.2) is 0 Å². The number of hydrogen-bond donors (Lipinski definition) is 17. The van der Waals surface area contributed by atoms with E-state index in [9.17, 15) is 86.5 Å². The standard InChI is InChI=1S/C32H55NO26/c1-7(39)33-13-17(43)24(56-31-23(49)27(16(42)10(4-36)53-31)59-30-21(47)18(44)14(40)8(2-34)52-30)12(6-38)55-29(13)58-26-15(41)9(3-35)54-32(22(26)48)57-25-11(5-37)51-28(50)20(46)19(25)45/h8-32,34-38,40-50H,2-6H2,1H3,(H,33,39)/t8?,9?,10?,11?,12?,13?,14-,15-,16-,17+,18-,19+,20?,21?,22?,23?,24+,25+,26-,27-,28?,29-,30+,31-,32-/m0/s1.